The van der Waals surface area contributed by atoms with Crippen molar-refractivity contribution >= 4 is 11.8 Å². The van der Waals surface area contributed by atoms with Gasteiger partial charge in [-0.25, -0.2) is 0 Å². The minimum Gasteiger partial charge on any atom is -0.355 e. The molecule has 2 rings (SSSR count). The maximum Gasteiger partial charge on any atom is 0.225 e. The fourth-order valence-electron chi connectivity index (χ4n) is 2.42. The molecule has 2 atom stereocenters. The molecule has 4 heteroatoms. The highest BCUT2D eigenvalue weighted by atomic mass is 16.2. The summed E-state index contributed by atoms with van der Waals surface area (Å²) < 4.78 is 0. The van der Waals surface area contributed by atoms with Crippen molar-refractivity contribution in [1.82, 2.24) is 10.6 Å². The lowest BCUT2D eigenvalue weighted by Gasteiger charge is -2.23. The highest BCUT2D eigenvalue weighted by molar-refractivity contribution is 5.83. The van der Waals surface area contributed by atoms with Gasteiger partial charge in [0.2, 0.25) is 11.8 Å². The molecule has 108 valence electrons. The molecule has 1 aliphatic rings. The van der Waals surface area contributed by atoms with E-state index < -0.39 is 0 Å². The van der Waals surface area contributed by atoms with Crippen molar-refractivity contribution in [3.63, 3.8) is 0 Å². The largest absolute Gasteiger partial charge is 0.355 e. The third kappa shape index (κ3) is 4.37. The minimum atomic E-state index is -0.0770. The van der Waals surface area contributed by atoms with E-state index in [4.69, 9.17) is 0 Å². The van der Waals surface area contributed by atoms with Crippen LogP contribution >= 0.6 is 0 Å². The van der Waals surface area contributed by atoms with E-state index >= 15 is 0 Å². The highest BCUT2D eigenvalue weighted by Crippen LogP contribution is 2.12. The monoisotopic (exact) mass is 274 g/mol. The number of carbonyl (C=O) groups is 2. The quantitative estimate of drug-likeness (QED) is 0.857. The van der Waals surface area contributed by atoms with Gasteiger partial charge in [0.15, 0.2) is 0 Å². The first-order valence-electron chi connectivity index (χ1n) is 7.26. The van der Waals surface area contributed by atoms with Crippen LogP contribution in [0.5, 0.6) is 0 Å². The second-order valence-corrected chi connectivity index (χ2v) is 5.47. The number of rotatable bonds is 5. The standard InChI is InChI=1S/C16H22N2O2/c1-12(7-8-13-5-3-2-4-6-13)18-16(20)14-9-10-15(19)17-11-14/h2-6,12,14H,7-11H2,1H3,(H,17,19)(H,18,20). The normalized spacial score (nSPS) is 20.1. The molecule has 20 heavy (non-hydrogen) atoms. The lowest BCUT2D eigenvalue weighted by atomic mass is 9.97. The van der Waals surface area contributed by atoms with Crippen molar-refractivity contribution < 1.29 is 9.59 Å². The molecule has 0 aliphatic carbocycles. The highest BCUT2D eigenvalue weighted by Gasteiger charge is 2.24. The van der Waals surface area contributed by atoms with Crippen LogP contribution in [0.2, 0.25) is 0 Å². The second-order valence-electron chi connectivity index (χ2n) is 5.47. The van der Waals surface area contributed by atoms with Gasteiger partial charge in [-0.05, 0) is 31.7 Å². The summed E-state index contributed by atoms with van der Waals surface area (Å²) >= 11 is 0. The maximum atomic E-state index is 12.1. The van der Waals surface area contributed by atoms with Crippen molar-refractivity contribution in [3.8, 4) is 0 Å². The van der Waals surface area contributed by atoms with Crippen LogP contribution in [0, 0.1) is 5.92 Å². The second kappa shape index (κ2) is 7.08. The minimum absolute atomic E-state index is 0.0474. The number of carbonyl (C=O) groups excluding carboxylic acids is 2. The van der Waals surface area contributed by atoms with Crippen molar-refractivity contribution in [2.45, 2.75) is 38.6 Å². The summed E-state index contributed by atoms with van der Waals surface area (Å²) in [6.07, 6.45) is 3.00. The Labute approximate surface area is 119 Å². The zero-order chi connectivity index (χ0) is 14.4. The summed E-state index contributed by atoms with van der Waals surface area (Å²) in [6.45, 7) is 2.50. The Hall–Kier alpha value is -1.84. The van der Waals surface area contributed by atoms with Gasteiger partial charge in [0, 0.05) is 19.0 Å². The van der Waals surface area contributed by atoms with Gasteiger partial charge in [0.25, 0.3) is 0 Å². The van der Waals surface area contributed by atoms with Crippen LogP contribution in [0.4, 0.5) is 0 Å². The van der Waals surface area contributed by atoms with E-state index in [2.05, 4.69) is 22.8 Å². The van der Waals surface area contributed by atoms with E-state index in [0.29, 0.717) is 19.4 Å². The lowest BCUT2D eigenvalue weighted by Crippen LogP contribution is -2.45. The topological polar surface area (TPSA) is 58.2 Å². The van der Waals surface area contributed by atoms with Crippen molar-refractivity contribution in [3.05, 3.63) is 35.9 Å². The molecular formula is C16H22N2O2. The Morgan fingerprint density at radius 2 is 2.15 bits per heavy atom. The van der Waals surface area contributed by atoms with Gasteiger partial charge in [-0.3, -0.25) is 9.59 Å². The SMILES string of the molecule is CC(CCc1ccccc1)NC(=O)C1CCC(=O)NC1. The number of nitrogens with one attached hydrogen (secondary N) is 2. The molecule has 0 radical (unpaired) electrons. The summed E-state index contributed by atoms with van der Waals surface area (Å²) in [6, 6.07) is 10.4. The number of benzene rings is 1. The van der Waals surface area contributed by atoms with Gasteiger partial charge in [-0.15, -0.1) is 0 Å². The molecule has 0 bridgehead atoms. The van der Waals surface area contributed by atoms with E-state index in [0.717, 1.165) is 12.8 Å². The molecule has 1 aliphatic heterocycles. The molecule has 1 aromatic rings. The molecule has 0 aromatic heterocycles. The Bertz CT molecular complexity index is 449. The molecule has 0 spiro atoms. The van der Waals surface area contributed by atoms with Gasteiger partial charge in [0.05, 0.1) is 5.92 Å². The average molecular weight is 274 g/mol. The molecule has 2 amide bonds. The van der Waals surface area contributed by atoms with Crippen molar-refractivity contribution in [1.29, 1.82) is 0 Å². The Morgan fingerprint density at radius 1 is 1.40 bits per heavy atom. The fourth-order valence-corrected chi connectivity index (χ4v) is 2.42. The maximum absolute atomic E-state index is 12.1. The fraction of sp³-hybridized carbons (Fsp3) is 0.500. The van der Waals surface area contributed by atoms with Crippen LogP contribution in [0.3, 0.4) is 0 Å². The van der Waals surface area contributed by atoms with Crippen LogP contribution in [0.15, 0.2) is 30.3 Å². The summed E-state index contributed by atoms with van der Waals surface area (Å²) in [4.78, 5) is 23.1. The first kappa shape index (κ1) is 14.6. The van der Waals surface area contributed by atoms with E-state index in [9.17, 15) is 9.59 Å². The molecule has 1 aromatic carbocycles. The number of piperidine rings is 1. The van der Waals surface area contributed by atoms with Gasteiger partial charge in [-0.1, -0.05) is 30.3 Å². The van der Waals surface area contributed by atoms with Crippen LogP contribution in [0.1, 0.15) is 31.7 Å². The Balaban J connectivity index is 1.72. The number of amides is 2. The van der Waals surface area contributed by atoms with Crippen LogP contribution in [-0.4, -0.2) is 24.4 Å². The zero-order valence-electron chi connectivity index (χ0n) is 11.9. The predicted molar refractivity (Wildman–Crippen MR) is 78.1 cm³/mol. The Morgan fingerprint density at radius 3 is 2.80 bits per heavy atom. The first-order valence-corrected chi connectivity index (χ1v) is 7.26. The molecule has 2 unspecified atom stereocenters. The molecule has 0 saturated carbocycles. The van der Waals surface area contributed by atoms with Crippen LogP contribution in [0.25, 0.3) is 0 Å². The van der Waals surface area contributed by atoms with Crippen molar-refractivity contribution in [2.24, 2.45) is 5.92 Å². The molecule has 2 N–H and O–H groups in total. The molecule has 1 heterocycles. The number of hydrogen-bond donors (Lipinski definition) is 2. The first-order chi connectivity index (χ1) is 9.65. The van der Waals surface area contributed by atoms with Crippen LogP contribution < -0.4 is 10.6 Å². The third-order valence-corrected chi connectivity index (χ3v) is 3.73. The van der Waals surface area contributed by atoms with Gasteiger partial charge in [0.1, 0.15) is 0 Å². The molecule has 1 fully saturated rings. The number of hydrogen-bond acceptors (Lipinski definition) is 2. The molecule has 1 saturated heterocycles. The van der Waals surface area contributed by atoms with Gasteiger partial charge in [-0.2, -0.15) is 0 Å². The summed E-state index contributed by atoms with van der Waals surface area (Å²) in [7, 11) is 0. The van der Waals surface area contributed by atoms with E-state index in [1.807, 2.05) is 25.1 Å². The van der Waals surface area contributed by atoms with Crippen LogP contribution in [-0.2, 0) is 16.0 Å². The van der Waals surface area contributed by atoms with E-state index in [-0.39, 0.29) is 23.8 Å². The van der Waals surface area contributed by atoms with Gasteiger partial charge >= 0.3 is 0 Å². The van der Waals surface area contributed by atoms with E-state index in [1.165, 1.54) is 5.56 Å². The predicted octanol–water partition coefficient (Wildman–Crippen LogP) is 1.65. The summed E-state index contributed by atoms with van der Waals surface area (Å²) in [5.74, 6) is 0.0311. The van der Waals surface area contributed by atoms with E-state index in [1.54, 1.807) is 0 Å². The smallest absolute Gasteiger partial charge is 0.225 e. The molecule has 4 nitrogen and oxygen atoms in total. The van der Waals surface area contributed by atoms with Crippen molar-refractivity contribution in [2.75, 3.05) is 6.54 Å². The summed E-state index contributed by atoms with van der Waals surface area (Å²) in [5, 5.41) is 5.79. The average Bonchev–Trinajstić information content (AvgIpc) is 2.47. The Kier molecular flexibility index (Phi) is 5.16. The number of aryl methyl sites for hydroxylation is 1. The zero-order valence-corrected chi connectivity index (χ0v) is 11.9. The third-order valence-electron chi connectivity index (χ3n) is 3.73. The molecular weight excluding hydrogens is 252 g/mol. The van der Waals surface area contributed by atoms with Gasteiger partial charge < -0.3 is 10.6 Å². The lowest BCUT2D eigenvalue weighted by molar-refractivity contribution is -0.129. The summed E-state index contributed by atoms with van der Waals surface area (Å²) in [5.41, 5.74) is 1.29.